The van der Waals surface area contributed by atoms with Crippen molar-refractivity contribution in [3.63, 3.8) is 0 Å². The van der Waals surface area contributed by atoms with E-state index in [1.54, 1.807) is 24.3 Å². The van der Waals surface area contributed by atoms with E-state index in [1.165, 1.54) is 6.26 Å². The number of amides is 1. The number of fused-ring (bicyclic) bond motifs is 1. The number of aromatic nitrogens is 2. The van der Waals surface area contributed by atoms with Crippen molar-refractivity contribution in [1.29, 1.82) is 0 Å². The molecule has 0 aliphatic carbocycles. The Kier molecular flexibility index (Phi) is 6.38. The smallest absolute Gasteiger partial charge is 0.326 e. The fourth-order valence-corrected chi connectivity index (χ4v) is 3.08. The van der Waals surface area contributed by atoms with Crippen LogP contribution < -0.4 is 16.8 Å². The summed E-state index contributed by atoms with van der Waals surface area (Å²) in [6.07, 6.45) is 2.73. The van der Waals surface area contributed by atoms with Crippen LogP contribution in [0.3, 0.4) is 0 Å². The highest BCUT2D eigenvalue weighted by Crippen LogP contribution is 2.28. The third kappa shape index (κ3) is 5.01. The molecule has 11 heteroatoms. The van der Waals surface area contributed by atoms with Gasteiger partial charge in [0, 0.05) is 17.5 Å². The van der Waals surface area contributed by atoms with Crippen LogP contribution in [0, 0.1) is 0 Å². The van der Waals surface area contributed by atoms with Gasteiger partial charge in [0.05, 0.1) is 5.39 Å². The molecule has 0 aliphatic heterocycles. The van der Waals surface area contributed by atoms with Gasteiger partial charge < -0.3 is 31.4 Å². The summed E-state index contributed by atoms with van der Waals surface area (Å²) in [6.45, 7) is 1.86. The van der Waals surface area contributed by atoms with E-state index in [-0.39, 0.29) is 35.9 Å². The van der Waals surface area contributed by atoms with Gasteiger partial charge in [-0.3, -0.25) is 9.59 Å². The van der Waals surface area contributed by atoms with Gasteiger partial charge in [0.2, 0.25) is 11.7 Å². The van der Waals surface area contributed by atoms with E-state index < -0.39 is 23.9 Å². The first kappa shape index (κ1) is 22.3. The van der Waals surface area contributed by atoms with Crippen molar-refractivity contribution in [1.82, 2.24) is 15.3 Å². The van der Waals surface area contributed by atoms with Crippen molar-refractivity contribution in [2.24, 2.45) is 0 Å². The molecule has 32 heavy (non-hydrogen) atoms. The maximum Gasteiger partial charge on any atom is 0.326 e. The number of nitrogens with one attached hydrogen (secondary N) is 1. The lowest BCUT2D eigenvalue weighted by Gasteiger charge is -2.13. The van der Waals surface area contributed by atoms with E-state index in [9.17, 15) is 19.5 Å². The van der Waals surface area contributed by atoms with Gasteiger partial charge in [-0.15, -0.1) is 0 Å². The maximum atomic E-state index is 12.4. The van der Waals surface area contributed by atoms with Gasteiger partial charge in [-0.05, 0) is 42.7 Å². The molecule has 0 saturated carbocycles. The number of anilines is 2. The van der Waals surface area contributed by atoms with Crippen molar-refractivity contribution < 1.29 is 29.0 Å². The Bertz CT molecular complexity index is 1220. The molecule has 11 nitrogen and oxygen atoms in total. The number of hydrogen-bond acceptors (Lipinski definition) is 8. The first-order chi connectivity index (χ1) is 15.2. The first-order valence-electron chi connectivity index (χ1n) is 9.50. The highest BCUT2D eigenvalue weighted by atomic mass is 16.4. The first-order valence-corrected chi connectivity index (χ1v) is 9.50. The molecule has 166 valence electrons. The molecule has 0 saturated heterocycles. The molecule has 1 amide bonds. The minimum Gasteiger partial charge on any atom is -0.481 e. The maximum absolute atomic E-state index is 12.4. The van der Waals surface area contributed by atoms with Crippen LogP contribution >= 0.6 is 0 Å². The molecule has 7 N–H and O–H groups in total. The van der Waals surface area contributed by atoms with Crippen LogP contribution in [-0.4, -0.2) is 44.1 Å². The average molecular weight is 439 g/mol. The highest BCUT2D eigenvalue weighted by Gasteiger charge is 2.21. The van der Waals surface area contributed by atoms with Gasteiger partial charge in [-0.25, -0.2) is 4.79 Å². The van der Waals surface area contributed by atoms with Gasteiger partial charge >= 0.3 is 11.9 Å². The number of rotatable bonds is 8. The quantitative estimate of drug-likeness (QED) is 0.346. The fraction of sp³-hybridized carbons (Fsp3) is 0.190. The summed E-state index contributed by atoms with van der Waals surface area (Å²) in [7, 11) is 0. The summed E-state index contributed by atoms with van der Waals surface area (Å²) in [5.74, 6) is -2.84. The molecule has 3 rings (SSSR count). The Morgan fingerprint density at radius 1 is 1.12 bits per heavy atom. The highest BCUT2D eigenvalue weighted by molar-refractivity contribution is 5.99. The van der Waals surface area contributed by atoms with Crippen LogP contribution in [-0.2, 0) is 9.59 Å². The van der Waals surface area contributed by atoms with Gasteiger partial charge in [0.25, 0.3) is 5.91 Å². The molecule has 1 aromatic carbocycles. The van der Waals surface area contributed by atoms with Gasteiger partial charge in [-0.1, -0.05) is 12.1 Å². The topological polar surface area (TPSA) is 195 Å². The third-order valence-electron chi connectivity index (χ3n) is 4.73. The standard InChI is InChI=1S/C21H21N5O6/c1-10(8-13-9-32-19-16(13)17(22)25-21(23)26-19)11-2-4-12(5-3-11)18(29)24-14(20(30)31)6-7-15(27)28/h2-5,8-9,14H,6-7H2,1H3,(H,24,29)(H,27,28)(H,30,31)(H4,22,23,25,26)/b10-8-. The van der Waals surface area contributed by atoms with E-state index in [0.29, 0.717) is 10.9 Å². The number of carbonyl (C=O) groups excluding carboxylic acids is 1. The van der Waals surface area contributed by atoms with Crippen LogP contribution in [0.4, 0.5) is 11.8 Å². The van der Waals surface area contributed by atoms with E-state index >= 15 is 0 Å². The summed E-state index contributed by atoms with van der Waals surface area (Å²) in [5.41, 5.74) is 14.3. The van der Waals surface area contributed by atoms with Gasteiger partial charge in [-0.2, -0.15) is 9.97 Å². The van der Waals surface area contributed by atoms with Crippen LogP contribution in [0.25, 0.3) is 22.7 Å². The molecule has 1 atom stereocenters. The second-order valence-corrected chi connectivity index (χ2v) is 7.04. The minimum atomic E-state index is -1.30. The Morgan fingerprint density at radius 2 is 1.78 bits per heavy atom. The summed E-state index contributed by atoms with van der Waals surface area (Å²) in [6, 6.07) is 5.20. The number of nitrogen functional groups attached to an aromatic ring is 2. The fourth-order valence-electron chi connectivity index (χ4n) is 3.08. The van der Waals surface area contributed by atoms with E-state index in [4.69, 9.17) is 21.0 Å². The molecule has 2 aromatic heterocycles. The van der Waals surface area contributed by atoms with Crippen molar-refractivity contribution in [3.05, 3.63) is 47.2 Å². The zero-order valence-electron chi connectivity index (χ0n) is 17.0. The van der Waals surface area contributed by atoms with Crippen molar-refractivity contribution in [3.8, 4) is 0 Å². The molecule has 0 aliphatic rings. The zero-order chi connectivity index (χ0) is 23.4. The number of carboxylic acids is 2. The Morgan fingerprint density at radius 3 is 2.41 bits per heavy atom. The van der Waals surface area contributed by atoms with E-state index in [1.807, 2.05) is 13.0 Å². The average Bonchev–Trinajstić information content (AvgIpc) is 3.13. The minimum absolute atomic E-state index is 0.0126. The zero-order valence-corrected chi connectivity index (χ0v) is 17.0. The number of allylic oxidation sites excluding steroid dienone is 1. The van der Waals surface area contributed by atoms with Crippen molar-refractivity contribution in [2.75, 3.05) is 11.5 Å². The Labute approximate surface area is 181 Å². The Balaban J connectivity index is 1.77. The number of nitrogens with two attached hydrogens (primary N) is 2. The van der Waals surface area contributed by atoms with E-state index in [2.05, 4.69) is 15.3 Å². The second kappa shape index (κ2) is 9.16. The monoisotopic (exact) mass is 439 g/mol. The van der Waals surface area contributed by atoms with Crippen LogP contribution in [0.1, 0.15) is 41.3 Å². The number of carbonyl (C=O) groups is 3. The predicted octanol–water partition coefficient (Wildman–Crippen LogP) is 2.00. The molecule has 0 radical (unpaired) electrons. The number of nitrogens with zero attached hydrogens (tertiary/aromatic N) is 2. The lowest BCUT2D eigenvalue weighted by molar-refractivity contribution is -0.140. The molecule has 0 bridgehead atoms. The molecular formula is C21H21N5O6. The SMILES string of the molecule is C/C(=C/c1coc2nc(N)nc(N)c12)c1ccc(C(=O)NC(CCC(=O)O)C(=O)O)cc1. The van der Waals surface area contributed by atoms with Crippen LogP contribution in [0.15, 0.2) is 34.9 Å². The number of aliphatic carboxylic acids is 2. The molecule has 3 aromatic rings. The molecule has 1 unspecified atom stereocenters. The lowest BCUT2D eigenvalue weighted by atomic mass is 10.0. The predicted molar refractivity (Wildman–Crippen MR) is 116 cm³/mol. The number of furan rings is 1. The third-order valence-corrected chi connectivity index (χ3v) is 4.73. The van der Waals surface area contributed by atoms with Crippen molar-refractivity contribution >= 4 is 52.4 Å². The molecule has 0 fully saturated rings. The number of hydrogen-bond donors (Lipinski definition) is 5. The Hall–Kier alpha value is -4.41. The number of carboxylic acid groups (broad SMARTS) is 2. The molecule has 2 heterocycles. The normalized spacial score (nSPS) is 12.5. The summed E-state index contributed by atoms with van der Waals surface area (Å²) in [5, 5.41) is 20.8. The van der Waals surface area contributed by atoms with E-state index in [0.717, 1.165) is 11.1 Å². The van der Waals surface area contributed by atoms with Crippen molar-refractivity contribution in [2.45, 2.75) is 25.8 Å². The number of benzene rings is 1. The second-order valence-electron chi connectivity index (χ2n) is 7.04. The summed E-state index contributed by atoms with van der Waals surface area (Å²) < 4.78 is 5.40. The summed E-state index contributed by atoms with van der Waals surface area (Å²) in [4.78, 5) is 42.2. The molecule has 0 spiro atoms. The summed E-state index contributed by atoms with van der Waals surface area (Å²) >= 11 is 0. The largest absolute Gasteiger partial charge is 0.481 e. The lowest BCUT2D eigenvalue weighted by Crippen LogP contribution is -2.41. The van der Waals surface area contributed by atoms with Gasteiger partial charge in [0.1, 0.15) is 18.1 Å². The van der Waals surface area contributed by atoms with Crippen LogP contribution in [0.2, 0.25) is 0 Å². The molecular weight excluding hydrogens is 418 g/mol. The van der Waals surface area contributed by atoms with Gasteiger partial charge in [0.15, 0.2) is 0 Å². The van der Waals surface area contributed by atoms with Crippen LogP contribution in [0.5, 0.6) is 0 Å².